The van der Waals surface area contributed by atoms with E-state index in [1.807, 2.05) is 23.9 Å². The van der Waals surface area contributed by atoms with Crippen LogP contribution in [0.15, 0.2) is 17.0 Å². The second-order valence-electron chi connectivity index (χ2n) is 3.70. The molecule has 0 bridgehead atoms. The Labute approximate surface area is 117 Å². The van der Waals surface area contributed by atoms with Crippen LogP contribution in [0.3, 0.4) is 0 Å². The topological polar surface area (TPSA) is 50.7 Å². The molecule has 0 saturated carbocycles. The van der Waals surface area contributed by atoms with Gasteiger partial charge in [0.15, 0.2) is 0 Å². The van der Waals surface area contributed by atoms with Crippen LogP contribution >= 0.6 is 34.3 Å². The fraction of sp³-hybridized carbons (Fsp3) is 0.182. The van der Waals surface area contributed by atoms with Crippen molar-refractivity contribution < 1.29 is 0 Å². The summed E-state index contributed by atoms with van der Waals surface area (Å²) in [5.41, 5.74) is 2.90. The van der Waals surface area contributed by atoms with Crippen molar-refractivity contribution in [2.75, 3.05) is 5.32 Å². The molecule has 4 nitrogen and oxygen atoms in total. The molecule has 92 valence electrons. The zero-order chi connectivity index (χ0) is 12.5. The zero-order valence-electron chi connectivity index (χ0n) is 9.48. The second kappa shape index (κ2) is 4.79. The van der Waals surface area contributed by atoms with Crippen LogP contribution in [0, 0.1) is 6.92 Å². The van der Waals surface area contributed by atoms with Crippen molar-refractivity contribution in [1.29, 1.82) is 0 Å². The maximum atomic E-state index is 5.91. The lowest BCUT2D eigenvalue weighted by molar-refractivity contribution is 1.09. The van der Waals surface area contributed by atoms with E-state index >= 15 is 0 Å². The molecule has 0 radical (unpaired) electrons. The summed E-state index contributed by atoms with van der Waals surface area (Å²) in [4.78, 5) is 14.7. The van der Waals surface area contributed by atoms with Crippen LogP contribution in [0.4, 0.5) is 5.82 Å². The third kappa shape index (κ3) is 2.19. The molecule has 1 N–H and O–H groups in total. The van der Waals surface area contributed by atoms with E-state index in [0.717, 1.165) is 21.7 Å². The second-order valence-corrected chi connectivity index (χ2v) is 5.87. The molecule has 0 aliphatic carbocycles. The van der Waals surface area contributed by atoms with Crippen LogP contribution < -0.4 is 5.32 Å². The summed E-state index contributed by atoms with van der Waals surface area (Å²) in [7, 11) is 0. The largest absolute Gasteiger partial charge is 0.364 e. The lowest BCUT2D eigenvalue weighted by Crippen LogP contribution is -2.02. The first-order chi connectivity index (χ1) is 8.74. The number of fused-ring (bicyclic) bond motifs is 1. The normalized spacial score (nSPS) is 11.0. The number of aromatic nitrogens is 3. The van der Waals surface area contributed by atoms with Gasteiger partial charge in [-0.2, -0.15) is 0 Å². The molecule has 0 fully saturated rings. The molecule has 0 aliphatic rings. The minimum Gasteiger partial charge on any atom is -0.364 e. The Morgan fingerprint density at radius 3 is 3.00 bits per heavy atom. The van der Waals surface area contributed by atoms with E-state index in [9.17, 15) is 0 Å². The number of nitrogens with zero attached hydrogens (tertiary/aromatic N) is 3. The Morgan fingerprint density at radius 1 is 1.33 bits per heavy atom. The highest BCUT2D eigenvalue weighted by Crippen LogP contribution is 2.27. The number of aryl methyl sites for hydroxylation is 1. The smallest absolute Gasteiger partial charge is 0.225 e. The minimum atomic E-state index is 0.272. The van der Waals surface area contributed by atoms with Crippen LogP contribution in [0.5, 0.6) is 0 Å². The molecule has 0 unspecified atom stereocenters. The Balaban J connectivity index is 1.90. The van der Waals surface area contributed by atoms with Gasteiger partial charge in [-0.25, -0.2) is 15.0 Å². The van der Waals surface area contributed by atoms with Crippen LogP contribution in [0.2, 0.25) is 5.28 Å². The molecule has 3 heterocycles. The highest BCUT2D eigenvalue weighted by molar-refractivity contribution is 7.16. The van der Waals surface area contributed by atoms with Crippen molar-refractivity contribution in [1.82, 2.24) is 15.0 Å². The average molecular weight is 297 g/mol. The molecule has 0 spiro atoms. The molecule has 0 aromatic carbocycles. The first-order valence-corrected chi connectivity index (χ1v) is 7.41. The Hall–Kier alpha value is -1.24. The van der Waals surface area contributed by atoms with Gasteiger partial charge in [0.1, 0.15) is 10.6 Å². The summed E-state index contributed by atoms with van der Waals surface area (Å²) in [6.07, 6.45) is 0. The SMILES string of the molecule is Cc1ncsc1CNc1nc(Cl)nc2sccc12. The standard InChI is InChI=1S/C11H9ClN4S2/c1-6-8(18-5-14-6)4-13-9-7-2-3-17-10(7)16-11(12)15-9/h2-3,5H,4H2,1H3,(H,13,15,16). The molecule has 3 aromatic heterocycles. The van der Waals surface area contributed by atoms with Crippen LogP contribution in [0.25, 0.3) is 10.2 Å². The van der Waals surface area contributed by atoms with Gasteiger partial charge in [-0.3, -0.25) is 0 Å². The maximum absolute atomic E-state index is 5.91. The zero-order valence-corrected chi connectivity index (χ0v) is 11.9. The third-order valence-corrected chi connectivity index (χ3v) is 4.47. The van der Waals surface area contributed by atoms with Gasteiger partial charge >= 0.3 is 0 Å². The van der Waals surface area contributed by atoms with Crippen LogP contribution in [-0.4, -0.2) is 15.0 Å². The number of hydrogen-bond acceptors (Lipinski definition) is 6. The molecule has 3 rings (SSSR count). The lowest BCUT2D eigenvalue weighted by Gasteiger charge is -2.06. The van der Waals surface area contributed by atoms with Crippen molar-refractivity contribution in [3.05, 3.63) is 32.8 Å². The fourth-order valence-electron chi connectivity index (χ4n) is 1.62. The number of hydrogen-bond donors (Lipinski definition) is 1. The van der Waals surface area contributed by atoms with E-state index in [2.05, 4.69) is 20.3 Å². The Morgan fingerprint density at radius 2 is 2.22 bits per heavy atom. The van der Waals surface area contributed by atoms with Crippen molar-refractivity contribution in [2.24, 2.45) is 0 Å². The summed E-state index contributed by atoms with van der Waals surface area (Å²) in [6, 6.07) is 2.00. The van der Waals surface area contributed by atoms with Crippen molar-refractivity contribution >= 4 is 50.3 Å². The van der Waals surface area contributed by atoms with E-state index in [1.54, 1.807) is 22.7 Å². The number of anilines is 1. The van der Waals surface area contributed by atoms with Crippen molar-refractivity contribution in [3.63, 3.8) is 0 Å². The summed E-state index contributed by atoms with van der Waals surface area (Å²) < 4.78 is 0. The van der Waals surface area contributed by atoms with Gasteiger partial charge in [-0.05, 0) is 30.0 Å². The molecule has 0 saturated heterocycles. The minimum absolute atomic E-state index is 0.272. The van der Waals surface area contributed by atoms with Crippen LogP contribution in [-0.2, 0) is 6.54 Å². The average Bonchev–Trinajstić information content (AvgIpc) is 2.94. The number of nitrogens with one attached hydrogen (secondary N) is 1. The summed E-state index contributed by atoms with van der Waals surface area (Å²) in [6.45, 7) is 2.70. The Bertz CT molecular complexity index is 691. The molecule has 0 amide bonds. The number of rotatable bonds is 3. The van der Waals surface area contributed by atoms with Gasteiger partial charge in [0.2, 0.25) is 5.28 Å². The first-order valence-electron chi connectivity index (χ1n) is 5.27. The van der Waals surface area contributed by atoms with Gasteiger partial charge in [0, 0.05) is 4.88 Å². The Kier molecular flexibility index (Phi) is 3.15. The molecular formula is C11H9ClN4S2. The highest BCUT2D eigenvalue weighted by Gasteiger charge is 2.08. The van der Waals surface area contributed by atoms with Gasteiger partial charge in [-0.15, -0.1) is 22.7 Å². The predicted octanol–water partition coefficient (Wildman–Crippen LogP) is 3.72. The molecule has 7 heteroatoms. The number of thiazole rings is 1. The van der Waals surface area contributed by atoms with E-state index < -0.39 is 0 Å². The lowest BCUT2D eigenvalue weighted by atomic mass is 10.3. The maximum Gasteiger partial charge on any atom is 0.225 e. The van der Waals surface area contributed by atoms with Crippen molar-refractivity contribution in [3.8, 4) is 0 Å². The molecule has 0 atom stereocenters. The van der Waals surface area contributed by atoms with Crippen molar-refractivity contribution in [2.45, 2.75) is 13.5 Å². The summed E-state index contributed by atoms with van der Waals surface area (Å²) >= 11 is 9.10. The summed E-state index contributed by atoms with van der Waals surface area (Å²) in [5.74, 6) is 0.777. The van der Waals surface area contributed by atoms with E-state index in [0.29, 0.717) is 6.54 Å². The molecule has 18 heavy (non-hydrogen) atoms. The van der Waals surface area contributed by atoms with Gasteiger partial charge in [0.05, 0.1) is 23.1 Å². The molecule has 3 aromatic rings. The van der Waals surface area contributed by atoms with E-state index in [1.165, 1.54) is 4.88 Å². The van der Waals surface area contributed by atoms with E-state index in [-0.39, 0.29) is 5.28 Å². The summed E-state index contributed by atoms with van der Waals surface area (Å²) in [5, 5.41) is 6.56. The molecule has 0 aliphatic heterocycles. The third-order valence-electron chi connectivity index (χ3n) is 2.56. The van der Waals surface area contributed by atoms with Gasteiger partial charge in [-0.1, -0.05) is 0 Å². The highest BCUT2D eigenvalue weighted by atomic mass is 35.5. The van der Waals surface area contributed by atoms with Crippen LogP contribution in [0.1, 0.15) is 10.6 Å². The quantitative estimate of drug-likeness (QED) is 0.748. The van der Waals surface area contributed by atoms with Gasteiger partial charge < -0.3 is 5.32 Å². The number of halogens is 1. The molecular weight excluding hydrogens is 288 g/mol. The monoisotopic (exact) mass is 296 g/mol. The predicted molar refractivity (Wildman–Crippen MR) is 76.6 cm³/mol. The van der Waals surface area contributed by atoms with E-state index in [4.69, 9.17) is 11.6 Å². The number of thiophene rings is 1. The van der Waals surface area contributed by atoms with Gasteiger partial charge in [0.25, 0.3) is 0 Å². The first kappa shape index (κ1) is 11.8. The fourth-order valence-corrected chi connectivity index (χ4v) is 3.32.